The average Bonchev–Trinajstić information content (AvgIpc) is 3.55. The zero-order valence-corrected chi connectivity index (χ0v) is 17.0. The van der Waals surface area contributed by atoms with Gasteiger partial charge in [0.15, 0.2) is 5.82 Å². The highest BCUT2D eigenvalue weighted by atomic mass is 19.1. The molecule has 1 aliphatic heterocycles. The molecule has 0 spiro atoms. The van der Waals surface area contributed by atoms with Crippen molar-refractivity contribution in [1.29, 1.82) is 0 Å². The predicted molar refractivity (Wildman–Crippen MR) is 113 cm³/mol. The maximum absolute atomic E-state index is 13.4. The summed E-state index contributed by atoms with van der Waals surface area (Å²) in [5.74, 6) is 0.373. The van der Waals surface area contributed by atoms with Crippen LogP contribution >= 0.6 is 0 Å². The minimum Gasteiger partial charge on any atom is -0.336 e. The first-order chi connectivity index (χ1) is 14.7. The second kappa shape index (κ2) is 8.07. The molecule has 1 saturated carbocycles. The number of nitrogens with zero attached hydrogens (tertiary/aromatic N) is 5. The van der Waals surface area contributed by atoms with Crippen molar-refractivity contribution in [3.05, 3.63) is 66.4 Å². The highest BCUT2D eigenvalue weighted by Crippen LogP contribution is 2.26. The van der Waals surface area contributed by atoms with Crippen molar-refractivity contribution in [2.75, 3.05) is 26.2 Å². The standard InChI is InChI=1S/C23H26FN5O/c24-18-7-9-20(10-8-18)29-22(27-11-3-4-12-27)21(17-25-29)23(30)28-15-13-26(14-16-28)19-5-1-2-6-19/h3-4,7-12,17,19H,1-2,5-6,13-16H2. The number of hydrogen-bond donors (Lipinski definition) is 0. The Morgan fingerprint density at radius 3 is 2.30 bits per heavy atom. The maximum Gasteiger partial charge on any atom is 0.259 e. The molecule has 1 aromatic carbocycles. The second-order valence-corrected chi connectivity index (χ2v) is 8.13. The van der Waals surface area contributed by atoms with Crippen molar-refractivity contribution in [3.8, 4) is 11.5 Å². The molecule has 0 N–H and O–H groups in total. The van der Waals surface area contributed by atoms with Gasteiger partial charge in [-0.15, -0.1) is 0 Å². The van der Waals surface area contributed by atoms with Gasteiger partial charge in [-0.1, -0.05) is 12.8 Å². The Bertz CT molecular complexity index is 997. The predicted octanol–water partition coefficient (Wildman–Crippen LogP) is 3.50. The van der Waals surface area contributed by atoms with Gasteiger partial charge in [-0.3, -0.25) is 9.69 Å². The van der Waals surface area contributed by atoms with Crippen LogP contribution in [0.3, 0.4) is 0 Å². The molecule has 5 rings (SSSR count). The smallest absolute Gasteiger partial charge is 0.259 e. The lowest BCUT2D eigenvalue weighted by atomic mass is 10.1. The third-order valence-electron chi connectivity index (χ3n) is 6.34. The van der Waals surface area contributed by atoms with Crippen LogP contribution in [0.25, 0.3) is 11.5 Å². The zero-order chi connectivity index (χ0) is 20.5. The Kier molecular flexibility index (Phi) is 5.12. The molecule has 0 bridgehead atoms. The van der Waals surface area contributed by atoms with Crippen LogP contribution in [0.1, 0.15) is 36.0 Å². The van der Waals surface area contributed by atoms with Crippen molar-refractivity contribution in [2.45, 2.75) is 31.7 Å². The number of carbonyl (C=O) groups is 1. The fraction of sp³-hybridized carbons (Fsp3) is 0.391. The van der Waals surface area contributed by atoms with Crippen LogP contribution in [0.4, 0.5) is 4.39 Å². The summed E-state index contributed by atoms with van der Waals surface area (Å²) in [6, 6.07) is 10.7. The summed E-state index contributed by atoms with van der Waals surface area (Å²) >= 11 is 0. The molecule has 2 aromatic heterocycles. The van der Waals surface area contributed by atoms with Crippen LogP contribution in [0.5, 0.6) is 0 Å². The molecular formula is C23H26FN5O. The molecule has 3 heterocycles. The third kappa shape index (κ3) is 3.54. The van der Waals surface area contributed by atoms with E-state index in [4.69, 9.17) is 0 Å². The molecule has 1 aliphatic carbocycles. The van der Waals surface area contributed by atoms with Gasteiger partial charge in [0.1, 0.15) is 11.4 Å². The Morgan fingerprint density at radius 1 is 0.967 bits per heavy atom. The SMILES string of the molecule is O=C(c1cnn(-c2ccc(F)cc2)c1-n1cccc1)N1CCN(C2CCCC2)CC1. The zero-order valence-electron chi connectivity index (χ0n) is 17.0. The monoisotopic (exact) mass is 407 g/mol. The van der Waals surface area contributed by atoms with Crippen LogP contribution in [-0.2, 0) is 0 Å². The molecule has 1 amide bonds. The quantitative estimate of drug-likeness (QED) is 0.665. The molecule has 3 aromatic rings. The lowest BCUT2D eigenvalue weighted by Crippen LogP contribution is -2.51. The van der Waals surface area contributed by atoms with Crippen LogP contribution in [0.15, 0.2) is 55.0 Å². The van der Waals surface area contributed by atoms with E-state index in [-0.39, 0.29) is 11.7 Å². The summed E-state index contributed by atoms with van der Waals surface area (Å²) in [7, 11) is 0. The van der Waals surface area contributed by atoms with Gasteiger partial charge in [-0.05, 0) is 49.2 Å². The summed E-state index contributed by atoms with van der Waals surface area (Å²) in [6.45, 7) is 3.34. The number of benzene rings is 1. The number of carbonyl (C=O) groups excluding carboxylic acids is 1. The molecule has 1 saturated heterocycles. The lowest BCUT2D eigenvalue weighted by Gasteiger charge is -2.38. The minimum absolute atomic E-state index is 0.00173. The molecule has 2 aliphatic rings. The number of aromatic nitrogens is 3. The van der Waals surface area contributed by atoms with Gasteiger partial charge >= 0.3 is 0 Å². The second-order valence-electron chi connectivity index (χ2n) is 8.13. The van der Waals surface area contributed by atoms with E-state index in [1.807, 2.05) is 34.0 Å². The van der Waals surface area contributed by atoms with Gasteiger partial charge in [0, 0.05) is 44.6 Å². The summed E-state index contributed by atoms with van der Waals surface area (Å²) in [5.41, 5.74) is 1.27. The van der Waals surface area contributed by atoms with E-state index in [1.54, 1.807) is 23.0 Å². The van der Waals surface area contributed by atoms with Gasteiger partial charge in [-0.25, -0.2) is 9.07 Å². The van der Waals surface area contributed by atoms with Crippen LogP contribution < -0.4 is 0 Å². The normalized spacial score (nSPS) is 18.2. The number of rotatable bonds is 4. The van der Waals surface area contributed by atoms with E-state index in [0.717, 1.165) is 26.2 Å². The first-order valence-corrected chi connectivity index (χ1v) is 10.7. The fourth-order valence-electron chi connectivity index (χ4n) is 4.72. The van der Waals surface area contributed by atoms with Crippen molar-refractivity contribution >= 4 is 5.91 Å². The summed E-state index contributed by atoms with van der Waals surface area (Å²) in [6.07, 6.45) is 10.6. The topological polar surface area (TPSA) is 46.3 Å². The minimum atomic E-state index is -0.301. The Balaban J connectivity index is 1.41. The Hall–Kier alpha value is -2.93. The lowest BCUT2D eigenvalue weighted by molar-refractivity contribution is 0.0573. The first-order valence-electron chi connectivity index (χ1n) is 10.7. The molecular weight excluding hydrogens is 381 g/mol. The molecule has 6 nitrogen and oxygen atoms in total. The van der Waals surface area contributed by atoms with E-state index < -0.39 is 0 Å². The van der Waals surface area contributed by atoms with Gasteiger partial charge in [0.05, 0.1) is 11.9 Å². The molecule has 30 heavy (non-hydrogen) atoms. The Morgan fingerprint density at radius 2 is 1.63 bits per heavy atom. The molecule has 2 fully saturated rings. The van der Waals surface area contributed by atoms with Crippen molar-refractivity contribution in [2.24, 2.45) is 0 Å². The fourth-order valence-corrected chi connectivity index (χ4v) is 4.72. The van der Waals surface area contributed by atoms with Crippen LogP contribution in [0.2, 0.25) is 0 Å². The van der Waals surface area contributed by atoms with Crippen molar-refractivity contribution in [3.63, 3.8) is 0 Å². The first kappa shape index (κ1) is 19.1. The van der Waals surface area contributed by atoms with E-state index in [0.29, 0.717) is 23.1 Å². The molecule has 156 valence electrons. The summed E-state index contributed by atoms with van der Waals surface area (Å²) in [4.78, 5) is 17.9. The van der Waals surface area contributed by atoms with E-state index in [1.165, 1.54) is 37.8 Å². The third-order valence-corrected chi connectivity index (χ3v) is 6.34. The molecule has 0 unspecified atom stereocenters. The van der Waals surface area contributed by atoms with Gasteiger partial charge in [0.25, 0.3) is 5.91 Å². The summed E-state index contributed by atoms with van der Waals surface area (Å²) < 4.78 is 17.0. The molecule has 7 heteroatoms. The van der Waals surface area contributed by atoms with Gasteiger partial charge < -0.3 is 9.47 Å². The maximum atomic E-state index is 13.4. The summed E-state index contributed by atoms with van der Waals surface area (Å²) in [5, 5.41) is 4.48. The number of hydrogen-bond acceptors (Lipinski definition) is 3. The molecule has 0 atom stereocenters. The highest BCUT2D eigenvalue weighted by Gasteiger charge is 2.30. The van der Waals surface area contributed by atoms with Crippen LogP contribution in [0, 0.1) is 5.82 Å². The van der Waals surface area contributed by atoms with E-state index in [9.17, 15) is 9.18 Å². The van der Waals surface area contributed by atoms with E-state index >= 15 is 0 Å². The number of halogens is 1. The van der Waals surface area contributed by atoms with E-state index in [2.05, 4.69) is 10.00 Å². The average molecular weight is 407 g/mol. The largest absolute Gasteiger partial charge is 0.336 e. The van der Waals surface area contributed by atoms with Crippen molar-refractivity contribution in [1.82, 2.24) is 24.1 Å². The van der Waals surface area contributed by atoms with Gasteiger partial charge in [-0.2, -0.15) is 5.10 Å². The van der Waals surface area contributed by atoms with Crippen molar-refractivity contribution < 1.29 is 9.18 Å². The number of amides is 1. The highest BCUT2D eigenvalue weighted by molar-refractivity contribution is 5.97. The van der Waals surface area contributed by atoms with Crippen LogP contribution in [-0.4, -0.2) is 62.3 Å². The molecule has 0 radical (unpaired) electrons. The number of piperazine rings is 1. The Labute approximate surface area is 175 Å². The van der Waals surface area contributed by atoms with Gasteiger partial charge in [0.2, 0.25) is 0 Å².